The lowest BCUT2D eigenvalue weighted by atomic mass is 9.99. The third-order valence-electron chi connectivity index (χ3n) is 21.6. The Morgan fingerprint density at radius 2 is 0.271 bits per heavy atom. The summed E-state index contributed by atoms with van der Waals surface area (Å²) in [6, 6.07) is 79.1. The molecule has 0 spiro atoms. The van der Waals surface area contributed by atoms with E-state index in [4.69, 9.17) is 0 Å². The summed E-state index contributed by atoms with van der Waals surface area (Å²) in [5.41, 5.74) is 26.1. The van der Waals surface area contributed by atoms with Crippen molar-refractivity contribution >= 4 is 145 Å². The summed E-state index contributed by atoms with van der Waals surface area (Å²) in [7, 11) is 0. The van der Waals surface area contributed by atoms with Gasteiger partial charge in [-0.15, -0.1) is 0 Å². The molecular weight excluding hydrogens is 1430 g/mol. The van der Waals surface area contributed by atoms with E-state index in [1.807, 2.05) is 48.5 Å². The normalized spacial score (nSPS) is 12.0. The minimum absolute atomic E-state index is 0.642. The minimum Gasteiger partial charge on any atom is -0.372 e. The van der Waals surface area contributed by atoms with E-state index >= 15 is 0 Å². The van der Waals surface area contributed by atoms with Gasteiger partial charge in [0.25, 0.3) is 0 Å². The van der Waals surface area contributed by atoms with Crippen LogP contribution in [0.2, 0.25) is 0 Å². The number of hydrogen-bond acceptors (Lipinski definition) is 6. The summed E-state index contributed by atoms with van der Waals surface area (Å²) < 4.78 is 0. The molecule has 0 aliphatic heterocycles. The number of anilines is 4. The average Bonchev–Trinajstić information content (AvgIpc) is 0.839. The summed E-state index contributed by atoms with van der Waals surface area (Å²) in [4.78, 5) is 33.4. The van der Waals surface area contributed by atoms with Crippen molar-refractivity contribution in [1.29, 1.82) is 0 Å². The standard InChI is InChI=1S/C112H128N4O2/c1-9-17-67-113(68-18-10-2)109-59-51-91(52-60-109)31-41-99-76-100(42-32-92-53-61-110(62-54-92)114(69-19-11-3)70-20-12-4)81-104(80-99)46-49-107-84-106(48-45-103-78-97(39-29-89-25-35-95(87-117)36-26-89)75-98(79-103)40-30-90-27-37-96(88-118)38-28-90)85-108(86-107)50-47-105-82-101(43-33-93-55-63-111(64-56-93)115(71-21-13-5)72-22-14-6)77-102(83-105)44-34-94-57-65-112(66-58-94)116(73-23-15-7)74-24-16-8/h25-66,75-88H,9-24,67-74H2,1-8H3/b39-29+,40-30+,41-31+,42-32+,43-33+,44-34+,48-45+,49-46+,50-47+. The first kappa shape index (κ1) is 88.8. The highest BCUT2D eigenvalue weighted by Crippen LogP contribution is 2.29. The molecule has 0 saturated carbocycles. The molecule has 10 aromatic carbocycles. The van der Waals surface area contributed by atoms with Crippen LogP contribution in [0.3, 0.4) is 0 Å². The van der Waals surface area contributed by atoms with E-state index in [1.54, 1.807) is 0 Å². The number of nitrogens with zero attached hydrogens (tertiary/aromatic N) is 4. The summed E-state index contributed by atoms with van der Waals surface area (Å²) in [5.74, 6) is 0. The van der Waals surface area contributed by atoms with Crippen LogP contribution in [0, 0.1) is 0 Å². The van der Waals surface area contributed by atoms with E-state index in [1.165, 1.54) is 148 Å². The van der Waals surface area contributed by atoms with Crippen LogP contribution >= 0.6 is 0 Å². The van der Waals surface area contributed by atoms with Crippen molar-refractivity contribution in [3.05, 3.63) is 330 Å². The molecule has 10 rings (SSSR count). The highest BCUT2D eigenvalue weighted by Gasteiger charge is 2.12. The van der Waals surface area contributed by atoms with E-state index < -0.39 is 0 Å². The quantitative estimate of drug-likeness (QED) is 0.0280. The zero-order valence-electron chi connectivity index (χ0n) is 71.9. The number of unbranched alkanes of at least 4 members (excludes halogenated alkanes) is 8. The molecular formula is C112H128N4O2. The Labute approximate surface area is 709 Å². The first-order valence-corrected chi connectivity index (χ1v) is 44.2. The maximum atomic E-state index is 11.6. The van der Waals surface area contributed by atoms with Crippen LogP contribution in [0.15, 0.2) is 218 Å². The highest BCUT2D eigenvalue weighted by atomic mass is 16.1. The largest absolute Gasteiger partial charge is 0.372 e. The van der Waals surface area contributed by atoms with Crippen molar-refractivity contribution in [3.63, 3.8) is 0 Å². The van der Waals surface area contributed by atoms with Crippen LogP contribution in [0.25, 0.3) is 109 Å². The average molecular weight is 1560 g/mol. The first-order valence-electron chi connectivity index (χ1n) is 44.2. The molecule has 0 aliphatic rings. The first-order chi connectivity index (χ1) is 57.9. The van der Waals surface area contributed by atoms with Crippen molar-refractivity contribution in [2.75, 3.05) is 72.0 Å². The van der Waals surface area contributed by atoms with Crippen LogP contribution < -0.4 is 19.6 Å². The minimum atomic E-state index is 0.642. The van der Waals surface area contributed by atoms with Gasteiger partial charge in [0.05, 0.1) is 0 Å². The van der Waals surface area contributed by atoms with Crippen LogP contribution in [-0.2, 0) is 0 Å². The van der Waals surface area contributed by atoms with Crippen molar-refractivity contribution in [3.8, 4) is 0 Å². The third kappa shape index (κ3) is 29.8. The van der Waals surface area contributed by atoms with Crippen molar-refractivity contribution in [1.82, 2.24) is 0 Å². The molecule has 0 radical (unpaired) electrons. The Morgan fingerprint density at radius 1 is 0.161 bits per heavy atom. The molecule has 0 atom stereocenters. The molecule has 0 aromatic heterocycles. The topological polar surface area (TPSA) is 47.1 Å². The lowest BCUT2D eigenvalue weighted by Gasteiger charge is -2.24. The second-order valence-electron chi connectivity index (χ2n) is 31.4. The van der Waals surface area contributed by atoms with Gasteiger partial charge < -0.3 is 19.6 Å². The zero-order valence-corrected chi connectivity index (χ0v) is 71.9. The van der Waals surface area contributed by atoms with E-state index in [0.29, 0.717) is 11.1 Å². The molecule has 6 heteroatoms. The number of aldehydes is 2. The van der Waals surface area contributed by atoms with Crippen molar-refractivity contribution in [2.24, 2.45) is 0 Å². The predicted molar refractivity (Wildman–Crippen MR) is 524 cm³/mol. The van der Waals surface area contributed by atoms with E-state index in [-0.39, 0.29) is 0 Å². The molecule has 6 nitrogen and oxygen atoms in total. The van der Waals surface area contributed by atoms with Gasteiger partial charge in [-0.1, -0.05) is 313 Å². The summed E-state index contributed by atoms with van der Waals surface area (Å²) in [6.07, 6.45) is 60.7. The van der Waals surface area contributed by atoms with Gasteiger partial charge in [-0.2, -0.15) is 0 Å². The number of carbonyl (C=O) groups is 2. The Bertz CT molecular complexity index is 4470. The fourth-order valence-electron chi connectivity index (χ4n) is 14.5. The molecule has 118 heavy (non-hydrogen) atoms. The lowest BCUT2D eigenvalue weighted by Crippen LogP contribution is -2.25. The Morgan fingerprint density at radius 3 is 0.390 bits per heavy atom. The monoisotopic (exact) mass is 1560 g/mol. The summed E-state index contributed by atoms with van der Waals surface area (Å²) in [5, 5.41) is 0. The van der Waals surface area contributed by atoms with Crippen molar-refractivity contribution < 1.29 is 9.59 Å². The lowest BCUT2D eigenvalue weighted by molar-refractivity contribution is 0.111. The second-order valence-corrected chi connectivity index (χ2v) is 31.4. The van der Waals surface area contributed by atoms with Crippen LogP contribution in [-0.4, -0.2) is 64.9 Å². The molecule has 10 aromatic rings. The van der Waals surface area contributed by atoms with E-state index in [0.717, 1.165) is 143 Å². The summed E-state index contributed by atoms with van der Waals surface area (Å²) >= 11 is 0. The third-order valence-corrected chi connectivity index (χ3v) is 21.6. The smallest absolute Gasteiger partial charge is 0.150 e. The van der Waals surface area contributed by atoms with Gasteiger partial charge in [0.15, 0.2) is 0 Å². The zero-order chi connectivity index (χ0) is 82.7. The van der Waals surface area contributed by atoms with Gasteiger partial charge in [0.2, 0.25) is 0 Å². The Balaban J connectivity index is 1.06. The molecule has 0 heterocycles. The van der Waals surface area contributed by atoms with Crippen LogP contribution in [0.1, 0.15) is 279 Å². The predicted octanol–water partition coefficient (Wildman–Crippen LogP) is 30.5. The molecule has 0 unspecified atom stereocenters. The molecule has 0 aliphatic carbocycles. The van der Waals surface area contributed by atoms with Gasteiger partial charge in [0.1, 0.15) is 12.6 Å². The van der Waals surface area contributed by atoms with Gasteiger partial charge in [0, 0.05) is 86.2 Å². The maximum Gasteiger partial charge on any atom is 0.150 e. The Kier molecular flexibility index (Phi) is 37.2. The molecule has 0 fully saturated rings. The molecule has 0 amide bonds. The fourth-order valence-corrected chi connectivity index (χ4v) is 14.5. The number of benzene rings is 10. The van der Waals surface area contributed by atoms with E-state index in [9.17, 15) is 9.59 Å². The fraction of sp³-hybridized carbons (Fsp3) is 0.286. The summed E-state index contributed by atoms with van der Waals surface area (Å²) in [6.45, 7) is 26.8. The second kappa shape index (κ2) is 49.5. The molecule has 0 saturated heterocycles. The van der Waals surface area contributed by atoms with Gasteiger partial charge >= 0.3 is 0 Å². The number of hydrogen-bond donors (Lipinski definition) is 0. The van der Waals surface area contributed by atoms with Gasteiger partial charge in [-0.3, -0.25) is 9.59 Å². The van der Waals surface area contributed by atoms with Crippen LogP contribution in [0.4, 0.5) is 22.7 Å². The van der Waals surface area contributed by atoms with Gasteiger partial charge in [-0.25, -0.2) is 0 Å². The molecule has 0 bridgehead atoms. The maximum absolute atomic E-state index is 11.6. The highest BCUT2D eigenvalue weighted by molar-refractivity contribution is 5.86. The Hall–Kier alpha value is -11.6. The van der Waals surface area contributed by atoms with Gasteiger partial charge in [-0.05, 0) is 273 Å². The number of carbonyl (C=O) groups excluding carboxylic acids is 2. The number of rotatable bonds is 48. The molecule has 0 N–H and O–H groups in total. The van der Waals surface area contributed by atoms with E-state index in [2.05, 4.69) is 354 Å². The van der Waals surface area contributed by atoms with Crippen LogP contribution in [0.5, 0.6) is 0 Å². The van der Waals surface area contributed by atoms with Crippen molar-refractivity contribution in [2.45, 2.75) is 158 Å². The SMILES string of the molecule is CCCCN(CCCC)c1ccc(/C=C/c2cc(/C=C/c3ccc(N(CCCC)CCCC)cc3)cc(/C=C/c3cc(/C=C/c4cc(/C=C/c5ccc(C=O)cc5)cc(/C=C/c5ccc(C=O)cc5)c4)cc(/C=C/c4cc(/C=C/c5ccc(N(CCCC)CCCC)cc5)cc(/C=C/c5ccc(N(CCCC)CCCC)cc5)c4)c3)c2)cc1. The molecule has 608 valence electrons.